The predicted molar refractivity (Wildman–Crippen MR) is 46.7 cm³/mol. The van der Waals surface area contributed by atoms with Gasteiger partial charge < -0.3 is 5.11 Å². The molecule has 0 saturated heterocycles. The van der Waals surface area contributed by atoms with E-state index in [1.54, 1.807) is 0 Å². The Morgan fingerprint density at radius 2 is 2.25 bits per heavy atom. The fraction of sp³-hybridized carbons (Fsp3) is 0.333. The summed E-state index contributed by atoms with van der Waals surface area (Å²) in [4.78, 5) is 0. The van der Waals surface area contributed by atoms with E-state index in [0.29, 0.717) is 12.0 Å². The third-order valence-corrected chi connectivity index (χ3v) is 2.00. The number of aliphatic hydroxyl groups excluding tert-OH is 1. The van der Waals surface area contributed by atoms with Crippen LogP contribution in [0.1, 0.15) is 25.0 Å². The van der Waals surface area contributed by atoms with Gasteiger partial charge in [0.2, 0.25) is 0 Å². The van der Waals surface area contributed by atoms with Gasteiger partial charge in [0.15, 0.2) is 0 Å². The van der Waals surface area contributed by atoms with Crippen LogP contribution < -0.4 is 0 Å². The van der Waals surface area contributed by atoms with Gasteiger partial charge in [0.25, 0.3) is 0 Å². The van der Waals surface area contributed by atoms with Crippen LogP contribution in [0, 0.1) is 5.82 Å². The molecule has 0 aromatic heterocycles. The van der Waals surface area contributed by atoms with Crippen LogP contribution in [0.15, 0.2) is 18.2 Å². The van der Waals surface area contributed by atoms with Crippen molar-refractivity contribution < 1.29 is 9.50 Å². The molecule has 0 bridgehead atoms. The van der Waals surface area contributed by atoms with Crippen molar-refractivity contribution in [1.82, 2.24) is 0 Å². The highest BCUT2D eigenvalue weighted by Gasteiger charge is 2.06. The Morgan fingerprint density at radius 3 is 2.75 bits per heavy atom. The van der Waals surface area contributed by atoms with Crippen molar-refractivity contribution in [3.63, 3.8) is 0 Å². The summed E-state index contributed by atoms with van der Waals surface area (Å²) in [7, 11) is 0. The van der Waals surface area contributed by atoms with Gasteiger partial charge in [-0.3, -0.25) is 0 Å². The topological polar surface area (TPSA) is 20.2 Å². The minimum Gasteiger partial charge on any atom is -0.388 e. The second-order valence-electron chi connectivity index (χ2n) is 2.60. The molecule has 1 aromatic rings. The quantitative estimate of drug-likeness (QED) is 0.757. The molecule has 0 spiro atoms. The Balaban J connectivity index is 2.96. The molecule has 0 amide bonds. The molecule has 1 aromatic carbocycles. The summed E-state index contributed by atoms with van der Waals surface area (Å²) < 4.78 is 12.7. The molecule has 0 aliphatic heterocycles. The highest BCUT2D eigenvalue weighted by atomic mass is 35.5. The molecule has 3 heteroatoms. The number of halogens is 2. The van der Waals surface area contributed by atoms with Crippen LogP contribution in [0.4, 0.5) is 4.39 Å². The predicted octanol–water partition coefficient (Wildman–Crippen LogP) is 2.92. The standard InChI is InChI=1S/C9H10ClFO/c1-2-9(12)6-3-4-8(11)7(10)5-6/h3-5,9,12H,2H2,1H3/t9-/m1/s1. The van der Waals surface area contributed by atoms with E-state index in [0.717, 1.165) is 0 Å². The second-order valence-corrected chi connectivity index (χ2v) is 3.00. The van der Waals surface area contributed by atoms with E-state index in [2.05, 4.69) is 0 Å². The van der Waals surface area contributed by atoms with Crippen molar-refractivity contribution in [2.24, 2.45) is 0 Å². The molecule has 1 nitrogen and oxygen atoms in total. The average Bonchev–Trinajstić information content (AvgIpc) is 2.08. The molecule has 0 heterocycles. The zero-order valence-electron chi connectivity index (χ0n) is 6.72. The molecule has 1 atom stereocenters. The first kappa shape index (κ1) is 9.49. The first-order valence-electron chi connectivity index (χ1n) is 3.78. The Kier molecular flexibility index (Phi) is 3.06. The first-order chi connectivity index (χ1) is 5.65. The number of aliphatic hydroxyl groups is 1. The summed E-state index contributed by atoms with van der Waals surface area (Å²) in [6.45, 7) is 1.85. The maximum absolute atomic E-state index is 12.7. The lowest BCUT2D eigenvalue weighted by molar-refractivity contribution is 0.173. The number of hydrogen-bond donors (Lipinski definition) is 1. The van der Waals surface area contributed by atoms with Crippen LogP contribution in [-0.2, 0) is 0 Å². The summed E-state index contributed by atoms with van der Waals surface area (Å²) in [6.07, 6.45) is 0.0465. The number of benzene rings is 1. The summed E-state index contributed by atoms with van der Waals surface area (Å²) in [6, 6.07) is 4.25. The maximum Gasteiger partial charge on any atom is 0.141 e. The minimum atomic E-state index is -0.553. The number of rotatable bonds is 2. The second kappa shape index (κ2) is 3.87. The molecule has 1 rings (SSSR count). The molecule has 12 heavy (non-hydrogen) atoms. The third-order valence-electron chi connectivity index (χ3n) is 1.72. The summed E-state index contributed by atoms with van der Waals surface area (Å²) in [5, 5.41) is 9.42. The van der Waals surface area contributed by atoms with Crippen molar-refractivity contribution in [3.8, 4) is 0 Å². The molecule has 0 aliphatic carbocycles. The average molecular weight is 189 g/mol. The van der Waals surface area contributed by atoms with Crippen LogP contribution >= 0.6 is 11.6 Å². The molecule has 1 N–H and O–H groups in total. The molecule has 0 unspecified atom stereocenters. The van der Waals surface area contributed by atoms with Crippen molar-refractivity contribution in [2.45, 2.75) is 19.4 Å². The SMILES string of the molecule is CC[C@@H](O)c1ccc(F)c(Cl)c1. The fourth-order valence-electron chi connectivity index (χ4n) is 0.955. The lowest BCUT2D eigenvalue weighted by Gasteiger charge is -2.07. The summed E-state index contributed by atoms with van der Waals surface area (Å²) in [5.74, 6) is -0.455. The Hall–Kier alpha value is -0.600. The third kappa shape index (κ3) is 1.96. The molecule has 66 valence electrons. The van der Waals surface area contributed by atoms with E-state index in [1.165, 1.54) is 18.2 Å². The largest absolute Gasteiger partial charge is 0.388 e. The first-order valence-corrected chi connectivity index (χ1v) is 4.16. The van der Waals surface area contributed by atoms with Gasteiger partial charge in [0.1, 0.15) is 5.82 Å². The van der Waals surface area contributed by atoms with Crippen LogP contribution in [-0.4, -0.2) is 5.11 Å². The van der Waals surface area contributed by atoms with E-state index in [-0.39, 0.29) is 5.02 Å². The molecular formula is C9H10ClFO. The molecule has 0 saturated carbocycles. The summed E-state index contributed by atoms with van der Waals surface area (Å²) in [5.41, 5.74) is 0.656. The lowest BCUT2D eigenvalue weighted by Crippen LogP contribution is -1.95. The Labute approximate surface area is 75.8 Å². The molecule has 0 radical (unpaired) electrons. The lowest BCUT2D eigenvalue weighted by atomic mass is 10.1. The maximum atomic E-state index is 12.7. The van der Waals surface area contributed by atoms with E-state index >= 15 is 0 Å². The van der Waals surface area contributed by atoms with E-state index in [9.17, 15) is 9.50 Å². The van der Waals surface area contributed by atoms with Crippen molar-refractivity contribution >= 4 is 11.6 Å². The smallest absolute Gasteiger partial charge is 0.141 e. The minimum absolute atomic E-state index is 0.0556. The van der Waals surface area contributed by atoms with Crippen molar-refractivity contribution in [3.05, 3.63) is 34.6 Å². The van der Waals surface area contributed by atoms with Gasteiger partial charge in [-0.2, -0.15) is 0 Å². The van der Waals surface area contributed by atoms with Gasteiger partial charge in [-0.15, -0.1) is 0 Å². The Bertz CT molecular complexity index is 275. The van der Waals surface area contributed by atoms with E-state index in [4.69, 9.17) is 11.6 Å². The van der Waals surface area contributed by atoms with Gasteiger partial charge in [-0.1, -0.05) is 24.6 Å². The Morgan fingerprint density at radius 1 is 1.58 bits per heavy atom. The van der Waals surface area contributed by atoms with Crippen molar-refractivity contribution in [1.29, 1.82) is 0 Å². The normalized spacial score (nSPS) is 13.0. The zero-order chi connectivity index (χ0) is 9.14. The van der Waals surface area contributed by atoms with Crippen LogP contribution in [0.5, 0.6) is 0 Å². The van der Waals surface area contributed by atoms with Crippen LogP contribution in [0.2, 0.25) is 5.02 Å². The zero-order valence-corrected chi connectivity index (χ0v) is 7.48. The van der Waals surface area contributed by atoms with Gasteiger partial charge >= 0.3 is 0 Å². The van der Waals surface area contributed by atoms with Crippen molar-refractivity contribution in [2.75, 3.05) is 0 Å². The number of hydrogen-bond acceptors (Lipinski definition) is 1. The van der Waals surface area contributed by atoms with Crippen LogP contribution in [0.3, 0.4) is 0 Å². The monoisotopic (exact) mass is 188 g/mol. The van der Waals surface area contributed by atoms with Gasteiger partial charge in [-0.25, -0.2) is 4.39 Å². The molecule has 0 aliphatic rings. The van der Waals surface area contributed by atoms with E-state index < -0.39 is 11.9 Å². The summed E-state index contributed by atoms with van der Waals surface area (Å²) >= 11 is 5.53. The highest BCUT2D eigenvalue weighted by Crippen LogP contribution is 2.22. The molecular weight excluding hydrogens is 179 g/mol. The van der Waals surface area contributed by atoms with Gasteiger partial charge in [-0.05, 0) is 24.1 Å². The van der Waals surface area contributed by atoms with Gasteiger partial charge in [0, 0.05) is 0 Å². The molecule has 0 fully saturated rings. The van der Waals surface area contributed by atoms with Crippen LogP contribution in [0.25, 0.3) is 0 Å². The van der Waals surface area contributed by atoms with E-state index in [1.807, 2.05) is 6.92 Å². The highest BCUT2D eigenvalue weighted by molar-refractivity contribution is 6.30. The van der Waals surface area contributed by atoms with Gasteiger partial charge in [0.05, 0.1) is 11.1 Å². The fourth-order valence-corrected chi connectivity index (χ4v) is 1.14.